The molecule has 4 atom stereocenters. The van der Waals surface area contributed by atoms with Crippen LogP contribution in [0.25, 0.3) is 0 Å². The summed E-state index contributed by atoms with van der Waals surface area (Å²) in [6.07, 6.45) is -5.89. The van der Waals surface area contributed by atoms with Gasteiger partial charge in [-0.1, -0.05) is 18.2 Å². The van der Waals surface area contributed by atoms with Gasteiger partial charge in [-0.25, -0.2) is 0 Å². The van der Waals surface area contributed by atoms with E-state index < -0.39 is 35.6 Å². The normalized spacial score (nSPS) is 29.6. The second-order valence-corrected chi connectivity index (χ2v) is 7.21. The minimum Gasteiger partial charge on any atom is -0.497 e. The second-order valence-electron chi connectivity index (χ2n) is 6.16. The highest BCUT2D eigenvalue weighted by molar-refractivity contribution is 8.00. The van der Waals surface area contributed by atoms with Gasteiger partial charge in [0, 0.05) is 0 Å². The summed E-state index contributed by atoms with van der Waals surface area (Å²) in [7, 11) is 1.52. The Hall–Kier alpha value is -1.42. The monoisotopic (exact) mass is 391 g/mol. The third-order valence-electron chi connectivity index (χ3n) is 4.48. The molecule has 4 unspecified atom stereocenters. The van der Waals surface area contributed by atoms with Crippen LogP contribution in [0.15, 0.2) is 36.0 Å². The molecule has 2 aliphatic heterocycles. The van der Waals surface area contributed by atoms with Gasteiger partial charge in [-0.2, -0.15) is 13.2 Å². The summed E-state index contributed by atoms with van der Waals surface area (Å²) in [5.41, 5.74) is -0.721. The van der Waals surface area contributed by atoms with Crippen molar-refractivity contribution in [1.82, 2.24) is 4.90 Å². The molecule has 0 spiro atoms. The van der Waals surface area contributed by atoms with Gasteiger partial charge in [0.1, 0.15) is 29.1 Å². The lowest BCUT2D eigenvalue weighted by Gasteiger charge is -2.39. The number of rotatable bonds is 4. The molecule has 0 amide bonds. The number of allylic oxidation sites excluding steroid dienone is 2. The lowest BCUT2D eigenvalue weighted by molar-refractivity contribution is -0.152. The number of ether oxygens (including phenoxy) is 2. The van der Waals surface area contributed by atoms with E-state index in [0.717, 1.165) is 11.0 Å². The highest BCUT2D eigenvalue weighted by atomic mass is 32.2. The maximum Gasteiger partial charge on any atom is 0.430 e. The van der Waals surface area contributed by atoms with Crippen LogP contribution in [-0.2, 0) is 11.2 Å². The summed E-state index contributed by atoms with van der Waals surface area (Å²) < 4.78 is 51.4. The molecular weight excluding hydrogens is 371 g/mol. The molecule has 1 aromatic rings. The minimum absolute atomic E-state index is 0.0348. The van der Waals surface area contributed by atoms with E-state index in [2.05, 4.69) is 0 Å². The Morgan fingerprint density at radius 3 is 2.65 bits per heavy atom. The number of hydrogen-bond donors (Lipinski definition) is 2. The first-order valence-electron chi connectivity index (χ1n) is 8.07. The summed E-state index contributed by atoms with van der Waals surface area (Å²) in [6, 6.07) is 5.84. The SMILES string of the molecule is COc1ccc(CC=C(N2CSC3OCC(O)C(O)C32)C(F)(F)F)cc1. The Kier molecular flexibility index (Phi) is 5.71. The van der Waals surface area contributed by atoms with Crippen molar-refractivity contribution in [1.29, 1.82) is 0 Å². The summed E-state index contributed by atoms with van der Waals surface area (Å²) in [5, 5.41) is 19.9. The lowest BCUT2D eigenvalue weighted by Crippen LogP contribution is -2.56. The zero-order valence-corrected chi connectivity index (χ0v) is 14.8. The molecule has 2 N–H and O–H groups in total. The standard InChI is InChI=1S/C17H20F3NO4S/c1-24-11-5-2-10(3-6-11)4-7-13(17(18,19)20)21-9-26-16-14(21)15(23)12(22)8-25-16/h2-3,5-7,12,14-16,22-23H,4,8-9H2,1H3. The molecule has 2 saturated heterocycles. The maximum atomic E-state index is 13.7. The van der Waals surface area contributed by atoms with Crippen molar-refractivity contribution < 1.29 is 32.9 Å². The van der Waals surface area contributed by atoms with Crippen LogP contribution in [0.4, 0.5) is 13.2 Å². The predicted molar refractivity (Wildman–Crippen MR) is 90.7 cm³/mol. The molecule has 0 saturated carbocycles. The number of halogens is 3. The predicted octanol–water partition coefficient (Wildman–Crippen LogP) is 2.14. The number of aliphatic hydroxyl groups excluding tert-OH is 2. The molecule has 9 heteroatoms. The van der Waals surface area contributed by atoms with Gasteiger partial charge in [0.25, 0.3) is 0 Å². The summed E-state index contributed by atoms with van der Waals surface area (Å²) in [4.78, 5) is 1.09. The van der Waals surface area contributed by atoms with Crippen LogP contribution in [0.2, 0.25) is 0 Å². The quantitative estimate of drug-likeness (QED) is 0.820. The first kappa shape index (κ1) is 19.3. The van der Waals surface area contributed by atoms with Crippen molar-refractivity contribution in [2.75, 3.05) is 19.6 Å². The van der Waals surface area contributed by atoms with E-state index in [9.17, 15) is 23.4 Å². The Bertz CT molecular complexity index is 652. The molecule has 0 aliphatic carbocycles. The topological polar surface area (TPSA) is 62.2 Å². The van der Waals surface area contributed by atoms with E-state index in [0.29, 0.717) is 11.3 Å². The largest absolute Gasteiger partial charge is 0.497 e. The third kappa shape index (κ3) is 3.95. The van der Waals surface area contributed by atoms with E-state index in [1.54, 1.807) is 24.3 Å². The summed E-state index contributed by atoms with van der Waals surface area (Å²) >= 11 is 1.19. The smallest absolute Gasteiger partial charge is 0.430 e. The molecule has 1 aromatic carbocycles. The zero-order chi connectivity index (χ0) is 18.9. The van der Waals surface area contributed by atoms with E-state index >= 15 is 0 Å². The highest BCUT2D eigenvalue weighted by Crippen LogP contribution is 2.42. The van der Waals surface area contributed by atoms with Crippen LogP contribution < -0.4 is 4.74 Å². The van der Waals surface area contributed by atoms with Crippen molar-refractivity contribution in [3.05, 3.63) is 41.6 Å². The lowest BCUT2D eigenvalue weighted by atomic mass is 10.0. The number of thioether (sulfide) groups is 1. The Balaban J connectivity index is 1.83. The fourth-order valence-corrected chi connectivity index (χ4v) is 4.40. The van der Waals surface area contributed by atoms with E-state index in [1.165, 1.54) is 18.9 Å². The van der Waals surface area contributed by atoms with Gasteiger partial charge in [0.05, 0.1) is 25.6 Å². The number of aliphatic hydroxyl groups is 2. The first-order chi connectivity index (χ1) is 12.3. The molecule has 2 aliphatic rings. The van der Waals surface area contributed by atoms with Gasteiger partial charge >= 0.3 is 6.18 Å². The van der Waals surface area contributed by atoms with Gasteiger partial charge in [-0.3, -0.25) is 0 Å². The maximum absolute atomic E-state index is 13.7. The van der Waals surface area contributed by atoms with Crippen molar-refractivity contribution >= 4 is 11.8 Å². The average molecular weight is 391 g/mol. The van der Waals surface area contributed by atoms with Gasteiger partial charge < -0.3 is 24.6 Å². The Labute approximate surface area is 153 Å². The number of alkyl halides is 3. The molecule has 0 aromatic heterocycles. The summed E-state index contributed by atoms with van der Waals surface area (Å²) in [6.45, 7) is -0.0832. The second kappa shape index (κ2) is 7.67. The molecular formula is C17H20F3NO4S. The number of benzene rings is 1. The highest BCUT2D eigenvalue weighted by Gasteiger charge is 2.51. The molecule has 26 heavy (non-hydrogen) atoms. The third-order valence-corrected chi connectivity index (χ3v) is 5.65. The van der Waals surface area contributed by atoms with E-state index in [4.69, 9.17) is 9.47 Å². The molecule has 2 fully saturated rings. The van der Waals surface area contributed by atoms with Crippen LogP contribution >= 0.6 is 11.8 Å². The molecule has 3 rings (SSSR count). The number of fused-ring (bicyclic) bond motifs is 1. The number of nitrogens with zero attached hydrogens (tertiary/aromatic N) is 1. The fourth-order valence-electron chi connectivity index (χ4n) is 3.10. The van der Waals surface area contributed by atoms with Gasteiger partial charge in [-0.05, 0) is 24.1 Å². The van der Waals surface area contributed by atoms with Gasteiger partial charge in [0.15, 0.2) is 0 Å². The Morgan fingerprint density at radius 1 is 1.35 bits per heavy atom. The minimum atomic E-state index is -4.58. The van der Waals surface area contributed by atoms with Crippen LogP contribution in [0.5, 0.6) is 5.75 Å². The van der Waals surface area contributed by atoms with Crippen LogP contribution in [0.3, 0.4) is 0 Å². The van der Waals surface area contributed by atoms with Crippen LogP contribution in [-0.4, -0.2) is 64.6 Å². The van der Waals surface area contributed by atoms with Crippen LogP contribution in [0.1, 0.15) is 5.56 Å². The zero-order valence-electron chi connectivity index (χ0n) is 14.0. The van der Waals surface area contributed by atoms with Crippen molar-refractivity contribution in [2.45, 2.75) is 36.3 Å². The van der Waals surface area contributed by atoms with Crippen molar-refractivity contribution in [3.8, 4) is 5.75 Å². The Morgan fingerprint density at radius 2 is 2.04 bits per heavy atom. The fraction of sp³-hybridized carbons (Fsp3) is 0.529. The first-order valence-corrected chi connectivity index (χ1v) is 9.12. The van der Waals surface area contributed by atoms with Crippen molar-refractivity contribution in [3.63, 3.8) is 0 Å². The van der Waals surface area contributed by atoms with Crippen molar-refractivity contribution in [2.24, 2.45) is 0 Å². The summed E-state index contributed by atoms with van der Waals surface area (Å²) in [5.74, 6) is 0.664. The number of methoxy groups -OCH3 is 1. The molecule has 5 nitrogen and oxygen atoms in total. The number of hydrogen-bond acceptors (Lipinski definition) is 6. The van der Waals surface area contributed by atoms with Crippen LogP contribution in [0, 0.1) is 0 Å². The average Bonchev–Trinajstić information content (AvgIpc) is 3.02. The molecule has 0 bridgehead atoms. The molecule has 144 valence electrons. The van der Waals surface area contributed by atoms with E-state index in [1.807, 2.05) is 0 Å². The van der Waals surface area contributed by atoms with Gasteiger partial charge in [-0.15, -0.1) is 11.8 Å². The van der Waals surface area contributed by atoms with E-state index in [-0.39, 0.29) is 18.9 Å². The molecule has 2 heterocycles. The van der Waals surface area contributed by atoms with Gasteiger partial charge in [0.2, 0.25) is 0 Å². The molecule has 0 radical (unpaired) electrons.